The highest BCUT2D eigenvalue weighted by Gasteiger charge is 2.24. The fourth-order valence-electron chi connectivity index (χ4n) is 6.89. The number of hydrogen-bond acceptors (Lipinski definition) is 14. The van der Waals surface area contributed by atoms with Gasteiger partial charge in [-0.15, -0.1) is 0 Å². The number of para-hydroxylation sites is 2. The summed E-state index contributed by atoms with van der Waals surface area (Å²) in [4.78, 5) is 67.2. The number of halogens is 5. The Labute approximate surface area is 466 Å². The van der Waals surface area contributed by atoms with Gasteiger partial charge in [-0.3, -0.25) is 29.0 Å². The van der Waals surface area contributed by atoms with E-state index in [9.17, 15) is 19.2 Å². The van der Waals surface area contributed by atoms with E-state index >= 15 is 0 Å². The second-order valence-electron chi connectivity index (χ2n) is 16.0. The van der Waals surface area contributed by atoms with E-state index in [4.69, 9.17) is 87.4 Å². The van der Waals surface area contributed by atoms with E-state index in [0.717, 1.165) is 36.1 Å². The van der Waals surface area contributed by atoms with Gasteiger partial charge in [-0.2, -0.15) is 0 Å². The Kier molecular flexibility index (Phi) is 25.2. The fraction of sp³-hybridized carbons (Fsp3) is 0.259. The normalized spacial score (nSPS) is 11.1. The number of rotatable bonds is 17. The number of nitrogens with one attached hydrogen (secondary N) is 1. The van der Waals surface area contributed by atoms with Crippen molar-refractivity contribution in [2.24, 2.45) is 0 Å². The van der Waals surface area contributed by atoms with Crippen LogP contribution in [0.2, 0.25) is 20.1 Å². The van der Waals surface area contributed by atoms with Crippen molar-refractivity contribution in [3.63, 3.8) is 0 Å². The first-order valence-electron chi connectivity index (χ1n) is 23.0. The lowest BCUT2D eigenvalue weighted by Crippen LogP contribution is -2.29. The SMILES string of the molecule is C1CCOC1.C=CC(=O)Cl.C=CC(=O)Nc1ccccc1Cc1cc(N(C)C(=O)Cc2c(Cl)c(OC)cc(OC)c2Cl)ncn1.COc1cc(OC)c(Cl)c(CC(=O)N(C)c2cc(Cc3ccccc3N)ncn2)c1Cl. The standard InChI is InChI=1S/C25H24Cl2N4O4.C22H22Cl2N4O3.C4H8O.C3H3ClO/c1-5-22(32)30-18-9-7-6-8-15(18)10-16-11-21(29-14-28-16)31(2)23(33)12-17-24(26)19(34-3)13-20(35-4)25(17)27;1-28(19-9-14(26-12-27-19)8-13-6-4-5-7-16(13)25)20(29)10-15-21(23)17(30-2)11-18(31-3)22(15)24;1-2-4-5-3-1;1-2-3(4)5/h5-9,11,13-14H,1,10,12H2,2-4H3,(H,30,32);4-7,9,11-12H,8,10,25H2,1-3H3;1-4H2;2H,1H2. The first-order chi connectivity index (χ1) is 36.4. The summed E-state index contributed by atoms with van der Waals surface area (Å²) in [7, 11) is 9.13. The predicted octanol–water partition coefficient (Wildman–Crippen LogP) is 10.6. The summed E-state index contributed by atoms with van der Waals surface area (Å²) in [6.07, 6.45) is 8.38. The maximum absolute atomic E-state index is 13.1. The van der Waals surface area contributed by atoms with Crippen LogP contribution in [0, 0.1) is 0 Å². The Balaban J connectivity index is 0.000000278. The number of likely N-dealkylation sites (N-methyl/N-ethyl adjacent to an activating group) is 2. The van der Waals surface area contributed by atoms with Gasteiger partial charge >= 0.3 is 0 Å². The number of aromatic nitrogens is 4. The molecule has 1 aliphatic heterocycles. The van der Waals surface area contributed by atoms with E-state index in [-0.39, 0.29) is 50.7 Å². The minimum atomic E-state index is -0.509. The quantitative estimate of drug-likeness (QED) is 0.0495. The molecule has 1 aliphatic rings. The van der Waals surface area contributed by atoms with Crippen molar-refractivity contribution in [2.75, 3.05) is 76.6 Å². The van der Waals surface area contributed by atoms with Crippen LogP contribution in [0.1, 0.15) is 46.5 Å². The predicted molar refractivity (Wildman–Crippen MR) is 300 cm³/mol. The molecule has 0 spiro atoms. The molecular weight excluding hydrogens is 1080 g/mol. The van der Waals surface area contributed by atoms with E-state index in [1.807, 2.05) is 42.5 Å². The van der Waals surface area contributed by atoms with Crippen LogP contribution in [-0.2, 0) is 49.6 Å². The molecule has 0 bridgehead atoms. The molecule has 0 saturated carbocycles. The van der Waals surface area contributed by atoms with E-state index in [1.165, 1.54) is 69.8 Å². The number of allylic oxidation sites excluding steroid dienone is 1. The van der Waals surface area contributed by atoms with Crippen LogP contribution in [0.15, 0.2) is 111 Å². The van der Waals surface area contributed by atoms with Gasteiger partial charge in [-0.1, -0.05) is 96.0 Å². The van der Waals surface area contributed by atoms with Gasteiger partial charge in [-0.05, 0) is 59.9 Å². The minimum absolute atomic E-state index is 0.0628. The van der Waals surface area contributed by atoms with E-state index in [2.05, 4.69) is 38.4 Å². The van der Waals surface area contributed by atoms with Crippen LogP contribution in [-0.4, -0.2) is 98.6 Å². The number of hydrogen-bond donors (Lipinski definition) is 2. The molecule has 76 heavy (non-hydrogen) atoms. The van der Waals surface area contributed by atoms with Crippen molar-refractivity contribution in [3.8, 4) is 23.0 Å². The molecule has 2 aromatic heterocycles. The lowest BCUT2D eigenvalue weighted by molar-refractivity contribution is -0.118. The molecule has 3 amide bonds. The molecule has 3 heterocycles. The van der Waals surface area contributed by atoms with Gasteiger partial charge in [0.2, 0.25) is 23.0 Å². The summed E-state index contributed by atoms with van der Waals surface area (Å²) >= 11 is 30.3. The van der Waals surface area contributed by atoms with Crippen molar-refractivity contribution in [3.05, 3.63) is 164 Å². The molecule has 402 valence electrons. The molecule has 17 nitrogen and oxygen atoms in total. The summed E-state index contributed by atoms with van der Waals surface area (Å²) in [5.74, 6) is 1.43. The van der Waals surface area contributed by atoms with E-state index in [1.54, 1.807) is 44.4 Å². The third-order valence-electron chi connectivity index (χ3n) is 11.1. The van der Waals surface area contributed by atoms with E-state index < -0.39 is 5.24 Å². The smallest absolute Gasteiger partial charge is 0.247 e. The number of nitrogen functional groups attached to an aromatic ring is 1. The third-order valence-corrected chi connectivity index (χ3v) is 12.9. The number of amides is 3. The largest absolute Gasteiger partial charge is 0.495 e. The second-order valence-corrected chi connectivity index (χ2v) is 17.9. The maximum atomic E-state index is 13.1. The van der Waals surface area contributed by atoms with Crippen LogP contribution in [0.25, 0.3) is 0 Å². The molecule has 4 aromatic carbocycles. The fourth-order valence-corrected chi connectivity index (χ4v) is 8.16. The molecule has 22 heteroatoms. The van der Waals surface area contributed by atoms with Crippen LogP contribution in [0.3, 0.4) is 0 Å². The Hall–Kier alpha value is -6.99. The highest BCUT2D eigenvalue weighted by molar-refractivity contribution is 6.66. The highest BCUT2D eigenvalue weighted by atomic mass is 35.5. The lowest BCUT2D eigenvalue weighted by atomic mass is 10.1. The zero-order valence-corrected chi connectivity index (χ0v) is 46.4. The summed E-state index contributed by atoms with van der Waals surface area (Å²) in [5.41, 5.74) is 11.4. The van der Waals surface area contributed by atoms with Gasteiger partial charge < -0.3 is 34.7 Å². The third kappa shape index (κ3) is 17.8. The molecule has 6 aromatic rings. The Morgan fingerprint density at radius 2 is 1.03 bits per heavy atom. The number of methoxy groups -OCH3 is 4. The van der Waals surface area contributed by atoms with Crippen molar-refractivity contribution >= 4 is 104 Å². The summed E-state index contributed by atoms with van der Waals surface area (Å²) in [6, 6.07) is 21.5. The van der Waals surface area contributed by atoms with Gasteiger partial charge in [0.25, 0.3) is 0 Å². The highest BCUT2D eigenvalue weighted by Crippen LogP contribution is 2.42. The van der Waals surface area contributed by atoms with Crippen LogP contribution >= 0.6 is 58.0 Å². The van der Waals surface area contributed by atoms with Crippen LogP contribution in [0.5, 0.6) is 23.0 Å². The number of benzene rings is 4. The number of nitrogens with zero attached hydrogens (tertiary/aromatic N) is 6. The van der Waals surface area contributed by atoms with Crippen molar-refractivity contribution in [1.82, 2.24) is 19.9 Å². The zero-order chi connectivity index (χ0) is 55.9. The summed E-state index contributed by atoms with van der Waals surface area (Å²) < 4.78 is 26.0. The number of ether oxygens (including phenoxy) is 5. The average Bonchev–Trinajstić information content (AvgIpc) is 4.03. The number of carbonyl (C=O) groups excluding carboxylic acids is 4. The minimum Gasteiger partial charge on any atom is -0.495 e. The van der Waals surface area contributed by atoms with Gasteiger partial charge in [-0.25, -0.2) is 19.9 Å². The number of nitrogens with two attached hydrogens (primary N) is 1. The molecule has 0 radical (unpaired) electrons. The molecule has 0 aliphatic carbocycles. The van der Waals surface area contributed by atoms with Crippen molar-refractivity contribution in [1.29, 1.82) is 0 Å². The lowest BCUT2D eigenvalue weighted by Gasteiger charge is -2.19. The number of anilines is 4. The molecule has 1 fully saturated rings. The molecular formula is C54H57Cl5N8O9. The van der Waals surface area contributed by atoms with Crippen LogP contribution in [0.4, 0.5) is 23.0 Å². The Morgan fingerprint density at radius 1 is 0.632 bits per heavy atom. The van der Waals surface area contributed by atoms with Gasteiger partial charge in [0, 0.05) is 86.9 Å². The van der Waals surface area contributed by atoms with Gasteiger partial charge in [0.1, 0.15) is 47.3 Å². The summed E-state index contributed by atoms with van der Waals surface area (Å²) in [5, 5.41) is 3.27. The Bertz CT molecular complexity index is 2930. The summed E-state index contributed by atoms with van der Waals surface area (Å²) in [6.45, 7) is 8.56. The van der Waals surface area contributed by atoms with Crippen molar-refractivity contribution < 1.29 is 42.9 Å². The molecule has 0 unspecified atom stereocenters. The van der Waals surface area contributed by atoms with Crippen LogP contribution < -0.4 is 39.8 Å². The molecule has 0 atom stereocenters. The maximum Gasteiger partial charge on any atom is 0.247 e. The monoisotopic (exact) mass is 1140 g/mol. The number of carbonyl (C=O) groups is 4. The van der Waals surface area contributed by atoms with E-state index in [0.29, 0.717) is 75.7 Å². The van der Waals surface area contributed by atoms with Gasteiger partial charge in [0.05, 0.1) is 72.8 Å². The average molecular weight is 1140 g/mol. The Morgan fingerprint density at radius 3 is 1.39 bits per heavy atom. The molecule has 1 saturated heterocycles. The molecule has 7 rings (SSSR count). The molecule has 3 N–H and O–H groups in total. The van der Waals surface area contributed by atoms with Gasteiger partial charge in [0.15, 0.2) is 0 Å². The second kappa shape index (κ2) is 31.2. The van der Waals surface area contributed by atoms with Crippen molar-refractivity contribution in [2.45, 2.75) is 38.5 Å². The first kappa shape index (κ1) is 61.6. The zero-order valence-electron chi connectivity index (χ0n) is 42.6. The first-order valence-corrected chi connectivity index (χ1v) is 24.9. The topological polar surface area (TPSA) is 211 Å².